The summed E-state index contributed by atoms with van der Waals surface area (Å²) in [5.74, 6) is 0.700. The van der Waals surface area contributed by atoms with Crippen molar-refractivity contribution < 1.29 is 19.4 Å². The number of benzene rings is 2. The van der Waals surface area contributed by atoms with E-state index in [1.807, 2.05) is 22.6 Å². The number of halogens is 1. The monoisotopic (exact) mass is 424 g/mol. The predicted molar refractivity (Wildman–Crippen MR) is 93.8 cm³/mol. The number of carbonyl (C=O) groups excluding carboxylic acids is 1. The number of aromatic hydroxyl groups is 1. The molecule has 6 nitrogen and oxygen atoms in total. The molecule has 0 radical (unpaired) electrons. The lowest BCUT2D eigenvalue weighted by Crippen LogP contribution is -2.00. The number of methoxy groups -OCH3 is 2. The van der Waals surface area contributed by atoms with Crippen LogP contribution in [0, 0.1) is 3.57 Å². The van der Waals surface area contributed by atoms with E-state index < -0.39 is 5.97 Å². The number of H-pyrrole nitrogens is 1. The van der Waals surface area contributed by atoms with Crippen LogP contribution in [0.25, 0.3) is 22.4 Å². The summed E-state index contributed by atoms with van der Waals surface area (Å²) in [5.41, 5.74) is 2.69. The fraction of sp³-hybridized carbons (Fsp3) is 0.125. The Morgan fingerprint density at radius 3 is 2.74 bits per heavy atom. The van der Waals surface area contributed by atoms with Crippen LogP contribution < -0.4 is 4.74 Å². The predicted octanol–water partition coefficient (Wildman–Crippen LogP) is 3.34. The summed E-state index contributed by atoms with van der Waals surface area (Å²) < 4.78 is 10.5. The van der Waals surface area contributed by atoms with Gasteiger partial charge in [-0.2, -0.15) is 0 Å². The zero-order chi connectivity index (χ0) is 16.6. The average Bonchev–Trinajstić information content (AvgIpc) is 2.99. The molecule has 0 unspecified atom stereocenters. The van der Waals surface area contributed by atoms with Crippen molar-refractivity contribution in [3.63, 3.8) is 0 Å². The number of fused-ring (bicyclic) bond motifs is 1. The summed E-state index contributed by atoms with van der Waals surface area (Å²) >= 11 is 2.03. The number of nitrogens with zero attached hydrogens (tertiary/aromatic N) is 1. The normalized spacial score (nSPS) is 10.7. The number of nitrogens with one attached hydrogen (secondary N) is 1. The van der Waals surface area contributed by atoms with Crippen molar-refractivity contribution in [1.29, 1.82) is 0 Å². The highest BCUT2D eigenvalue weighted by Crippen LogP contribution is 2.35. The highest BCUT2D eigenvalue weighted by atomic mass is 127. The molecule has 2 aromatic carbocycles. The maximum atomic E-state index is 11.6. The van der Waals surface area contributed by atoms with E-state index in [1.54, 1.807) is 30.3 Å². The Morgan fingerprint density at radius 1 is 1.26 bits per heavy atom. The molecule has 3 aromatic rings. The number of imidazole rings is 1. The number of hydrogen-bond acceptors (Lipinski definition) is 5. The van der Waals surface area contributed by atoms with E-state index in [0.717, 1.165) is 16.6 Å². The molecule has 0 aliphatic heterocycles. The largest absolute Gasteiger partial charge is 0.504 e. The minimum absolute atomic E-state index is 0.0981. The molecule has 1 heterocycles. The maximum Gasteiger partial charge on any atom is 0.337 e. The van der Waals surface area contributed by atoms with Crippen molar-refractivity contribution in [3.8, 4) is 22.9 Å². The van der Waals surface area contributed by atoms with Gasteiger partial charge in [0.05, 0.1) is 34.4 Å². The van der Waals surface area contributed by atoms with Gasteiger partial charge in [0.15, 0.2) is 11.5 Å². The van der Waals surface area contributed by atoms with Gasteiger partial charge in [-0.1, -0.05) is 0 Å². The molecule has 0 saturated carbocycles. The van der Waals surface area contributed by atoms with Crippen molar-refractivity contribution in [2.24, 2.45) is 0 Å². The van der Waals surface area contributed by atoms with Gasteiger partial charge in [0.1, 0.15) is 5.82 Å². The van der Waals surface area contributed by atoms with E-state index in [0.29, 0.717) is 20.7 Å². The lowest BCUT2D eigenvalue weighted by atomic mass is 10.2. The van der Waals surface area contributed by atoms with Crippen LogP contribution in [0.15, 0.2) is 30.3 Å². The van der Waals surface area contributed by atoms with Gasteiger partial charge in [-0.3, -0.25) is 0 Å². The molecule has 7 heteroatoms. The van der Waals surface area contributed by atoms with E-state index in [9.17, 15) is 9.90 Å². The maximum absolute atomic E-state index is 11.6. The van der Waals surface area contributed by atoms with Crippen LogP contribution in [0.2, 0.25) is 0 Å². The Hall–Kier alpha value is -2.29. The molecular formula is C16H13IN2O4. The Labute approximate surface area is 145 Å². The van der Waals surface area contributed by atoms with Crippen molar-refractivity contribution in [3.05, 3.63) is 39.5 Å². The molecule has 23 heavy (non-hydrogen) atoms. The molecule has 0 amide bonds. The molecule has 2 N–H and O–H groups in total. The number of phenolic OH excluding ortho intramolecular Hbond substituents is 1. The number of carbonyl (C=O) groups is 1. The number of hydrogen-bond donors (Lipinski definition) is 2. The second kappa shape index (κ2) is 6.07. The Kier molecular flexibility index (Phi) is 4.12. The van der Waals surface area contributed by atoms with Gasteiger partial charge in [-0.15, -0.1) is 0 Å². The lowest BCUT2D eigenvalue weighted by molar-refractivity contribution is 0.0601. The molecule has 1 aromatic heterocycles. The lowest BCUT2D eigenvalue weighted by Gasteiger charge is -2.07. The first-order valence-corrected chi connectivity index (χ1v) is 7.76. The molecule has 0 saturated heterocycles. The van der Waals surface area contributed by atoms with E-state index in [1.165, 1.54) is 14.2 Å². The molecule has 3 rings (SSSR count). The number of phenols is 1. The fourth-order valence-electron chi connectivity index (χ4n) is 2.26. The zero-order valence-electron chi connectivity index (χ0n) is 12.4. The van der Waals surface area contributed by atoms with Crippen molar-refractivity contribution in [1.82, 2.24) is 9.97 Å². The van der Waals surface area contributed by atoms with Gasteiger partial charge in [0.2, 0.25) is 0 Å². The smallest absolute Gasteiger partial charge is 0.337 e. The summed E-state index contributed by atoms with van der Waals surface area (Å²) in [6, 6.07) is 8.62. The molecule has 0 bridgehead atoms. The molecule has 0 aliphatic carbocycles. The van der Waals surface area contributed by atoms with Crippen molar-refractivity contribution in [2.45, 2.75) is 0 Å². The van der Waals surface area contributed by atoms with Crippen LogP contribution in [0.3, 0.4) is 0 Å². The molecule has 118 valence electrons. The SMILES string of the molecule is COC(=O)c1ccc2nc(-c3cc(I)c(O)c(OC)c3)[nH]c2c1. The van der Waals surface area contributed by atoms with Crippen LogP contribution in [0.1, 0.15) is 10.4 Å². The Balaban J connectivity index is 2.10. The van der Waals surface area contributed by atoms with Gasteiger partial charge in [-0.25, -0.2) is 9.78 Å². The average molecular weight is 424 g/mol. The van der Waals surface area contributed by atoms with Crippen LogP contribution >= 0.6 is 22.6 Å². The van der Waals surface area contributed by atoms with E-state index in [2.05, 4.69) is 9.97 Å². The van der Waals surface area contributed by atoms with Crippen LogP contribution in [0.4, 0.5) is 0 Å². The van der Waals surface area contributed by atoms with Crippen LogP contribution in [0.5, 0.6) is 11.5 Å². The van der Waals surface area contributed by atoms with Gasteiger partial charge in [0, 0.05) is 5.56 Å². The zero-order valence-corrected chi connectivity index (χ0v) is 14.5. The third-order valence-corrected chi connectivity index (χ3v) is 4.25. The first kappa shape index (κ1) is 15.6. The van der Waals surface area contributed by atoms with Crippen molar-refractivity contribution in [2.75, 3.05) is 14.2 Å². The highest BCUT2D eigenvalue weighted by Gasteiger charge is 2.14. The molecule has 0 fully saturated rings. The number of aromatic amines is 1. The van der Waals surface area contributed by atoms with Crippen LogP contribution in [-0.4, -0.2) is 35.3 Å². The summed E-state index contributed by atoms with van der Waals surface area (Å²) in [4.78, 5) is 19.3. The minimum Gasteiger partial charge on any atom is -0.504 e. The second-order valence-corrected chi connectivity index (χ2v) is 5.98. The quantitative estimate of drug-likeness (QED) is 0.498. The number of ether oxygens (including phenoxy) is 2. The Morgan fingerprint density at radius 2 is 2.04 bits per heavy atom. The third-order valence-electron chi connectivity index (χ3n) is 3.42. The molecule has 0 atom stereocenters. The van der Waals surface area contributed by atoms with Gasteiger partial charge in [0.25, 0.3) is 0 Å². The standard InChI is InChI=1S/C16H13IN2O4/c1-22-13-7-9(5-10(17)14(13)20)15-18-11-4-3-8(16(21)23-2)6-12(11)19-15/h3-7,20H,1-2H3,(H,18,19). The molecule has 0 aliphatic rings. The summed E-state index contributed by atoms with van der Waals surface area (Å²) in [6.07, 6.45) is 0. The second-order valence-electron chi connectivity index (χ2n) is 4.82. The summed E-state index contributed by atoms with van der Waals surface area (Å²) in [5, 5.41) is 9.92. The van der Waals surface area contributed by atoms with Gasteiger partial charge < -0.3 is 19.6 Å². The van der Waals surface area contributed by atoms with Gasteiger partial charge in [-0.05, 0) is 52.9 Å². The molecular weight excluding hydrogens is 411 g/mol. The first-order chi connectivity index (χ1) is 11.0. The first-order valence-electron chi connectivity index (χ1n) is 6.68. The van der Waals surface area contributed by atoms with E-state index in [4.69, 9.17) is 9.47 Å². The van der Waals surface area contributed by atoms with Crippen molar-refractivity contribution >= 4 is 39.6 Å². The topological polar surface area (TPSA) is 84.4 Å². The summed E-state index contributed by atoms with van der Waals surface area (Å²) in [7, 11) is 2.84. The third kappa shape index (κ3) is 2.83. The van der Waals surface area contributed by atoms with E-state index >= 15 is 0 Å². The number of aromatic nitrogens is 2. The number of esters is 1. The van der Waals surface area contributed by atoms with Crippen LogP contribution in [-0.2, 0) is 4.74 Å². The molecule has 0 spiro atoms. The fourth-order valence-corrected chi connectivity index (χ4v) is 2.86. The van der Waals surface area contributed by atoms with E-state index in [-0.39, 0.29) is 5.75 Å². The number of rotatable bonds is 3. The van der Waals surface area contributed by atoms with Gasteiger partial charge >= 0.3 is 5.97 Å². The Bertz CT molecular complexity index is 904. The summed E-state index contributed by atoms with van der Waals surface area (Å²) in [6.45, 7) is 0. The minimum atomic E-state index is -0.399. The highest BCUT2D eigenvalue weighted by molar-refractivity contribution is 14.1.